The number of hydrogen-bond donors (Lipinski definition) is 1. The summed E-state index contributed by atoms with van der Waals surface area (Å²) in [5.41, 5.74) is 2.30. The molecule has 3 rings (SSSR count). The molecule has 0 atom stereocenters. The van der Waals surface area contributed by atoms with Gasteiger partial charge in [0.25, 0.3) is 0 Å². The number of rotatable bonds is 6. The second-order valence-corrected chi connectivity index (χ2v) is 7.86. The summed E-state index contributed by atoms with van der Waals surface area (Å²) in [5.74, 6) is 0.858. The van der Waals surface area contributed by atoms with E-state index in [0.717, 1.165) is 29.6 Å². The summed E-state index contributed by atoms with van der Waals surface area (Å²) in [6, 6.07) is 10.4. The average molecular weight is 343 g/mol. The molecule has 128 valence electrons. The second-order valence-electron chi connectivity index (χ2n) is 6.78. The van der Waals surface area contributed by atoms with E-state index in [0.29, 0.717) is 6.42 Å². The fourth-order valence-electron chi connectivity index (χ4n) is 3.42. The lowest BCUT2D eigenvalue weighted by molar-refractivity contribution is -0.116. The summed E-state index contributed by atoms with van der Waals surface area (Å²) in [6.07, 6.45) is 9.15. The first kappa shape index (κ1) is 17.2. The molecule has 0 saturated heterocycles. The van der Waals surface area contributed by atoms with E-state index < -0.39 is 0 Å². The van der Waals surface area contributed by atoms with Crippen molar-refractivity contribution in [3.63, 3.8) is 0 Å². The van der Waals surface area contributed by atoms with E-state index >= 15 is 0 Å². The number of aryl methyl sites for hydroxylation is 1. The lowest BCUT2D eigenvalue weighted by atomic mass is 9.86. The molecule has 2 aromatic rings. The molecule has 1 saturated carbocycles. The number of thiazole rings is 1. The van der Waals surface area contributed by atoms with Gasteiger partial charge in [0.1, 0.15) is 0 Å². The Bertz CT molecular complexity index is 660. The van der Waals surface area contributed by atoms with Crippen molar-refractivity contribution in [3.05, 3.63) is 46.5 Å². The van der Waals surface area contributed by atoms with Gasteiger partial charge in [-0.1, -0.05) is 62.4 Å². The van der Waals surface area contributed by atoms with Crippen LogP contribution in [-0.2, 0) is 11.2 Å². The summed E-state index contributed by atoms with van der Waals surface area (Å²) < 4.78 is 0. The van der Waals surface area contributed by atoms with Crippen LogP contribution in [0.1, 0.15) is 61.1 Å². The first-order valence-corrected chi connectivity index (χ1v) is 9.82. The number of nitrogens with zero attached hydrogens (tertiary/aromatic N) is 1. The predicted molar refractivity (Wildman–Crippen MR) is 101 cm³/mol. The van der Waals surface area contributed by atoms with E-state index in [1.165, 1.54) is 42.5 Å². The Labute approximate surface area is 148 Å². The number of anilines is 1. The van der Waals surface area contributed by atoms with Crippen LogP contribution in [0.15, 0.2) is 30.3 Å². The minimum atomic E-state index is 0.112. The molecule has 1 fully saturated rings. The van der Waals surface area contributed by atoms with Crippen LogP contribution < -0.4 is 5.32 Å². The lowest BCUT2D eigenvalue weighted by Crippen LogP contribution is -2.14. The van der Waals surface area contributed by atoms with Crippen LogP contribution >= 0.6 is 11.3 Å². The van der Waals surface area contributed by atoms with Crippen LogP contribution in [-0.4, -0.2) is 10.9 Å². The van der Waals surface area contributed by atoms with Gasteiger partial charge in [0.05, 0.1) is 5.69 Å². The largest absolute Gasteiger partial charge is 0.302 e. The highest BCUT2D eigenvalue weighted by molar-refractivity contribution is 7.15. The Hall–Kier alpha value is -1.68. The Balaban J connectivity index is 1.51. The minimum Gasteiger partial charge on any atom is -0.302 e. The Morgan fingerprint density at radius 2 is 1.96 bits per heavy atom. The highest BCUT2D eigenvalue weighted by Gasteiger charge is 2.16. The van der Waals surface area contributed by atoms with Crippen molar-refractivity contribution in [1.29, 1.82) is 0 Å². The number of benzene rings is 1. The quantitative estimate of drug-likeness (QED) is 0.770. The van der Waals surface area contributed by atoms with Gasteiger partial charge in [-0.2, -0.15) is 0 Å². The van der Waals surface area contributed by atoms with E-state index in [-0.39, 0.29) is 5.91 Å². The second kappa shape index (κ2) is 8.43. The zero-order valence-corrected chi connectivity index (χ0v) is 15.2. The number of carbonyl (C=O) groups excluding carboxylic acids is 1. The van der Waals surface area contributed by atoms with E-state index in [1.54, 1.807) is 11.3 Å². The summed E-state index contributed by atoms with van der Waals surface area (Å²) in [7, 11) is 0. The molecule has 3 nitrogen and oxygen atoms in total. The van der Waals surface area contributed by atoms with Crippen molar-refractivity contribution in [1.82, 2.24) is 4.98 Å². The molecular formula is C20H26N2OS. The fourth-order valence-corrected chi connectivity index (χ4v) is 4.43. The maximum atomic E-state index is 12.2. The van der Waals surface area contributed by atoms with Crippen molar-refractivity contribution in [3.8, 4) is 0 Å². The molecule has 0 radical (unpaired) electrons. The minimum absolute atomic E-state index is 0.112. The normalized spacial score (nSPS) is 15.4. The van der Waals surface area contributed by atoms with Gasteiger partial charge in [-0.15, -0.1) is 11.3 Å². The number of hydrogen-bond acceptors (Lipinski definition) is 3. The van der Waals surface area contributed by atoms with Gasteiger partial charge in [0.15, 0.2) is 5.13 Å². The van der Waals surface area contributed by atoms with Gasteiger partial charge >= 0.3 is 0 Å². The summed E-state index contributed by atoms with van der Waals surface area (Å²) in [5, 5.41) is 3.74. The standard InChI is InChI=1S/C20H26N2OS/c1-15-18(14-17-10-6-3-7-11-17)24-20(21-15)22-19(23)13-12-16-8-4-2-5-9-16/h3,6-7,10-11,16H,2,4-5,8-9,12-14H2,1H3,(H,21,22,23). The third kappa shape index (κ3) is 4.91. The highest BCUT2D eigenvalue weighted by Crippen LogP contribution is 2.28. The van der Waals surface area contributed by atoms with Crippen molar-refractivity contribution in [2.45, 2.75) is 58.3 Å². The van der Waals surface area contributed by atoms with Gasteiger partial charge in [0, 0.05) is 17.7 Å². The maximum absolute atomic E-state index is 12.2. The van der Waals surface area contributed by atoms with Crippen molar-refractivity contribution < 1.29 is 4.79 Å². The molecule has 24 heavy (non-hydrogen) atoms. The van der Waals surface area contributed by atoms with Crippen LogP contribution in [0.25, 0.3) is 0 Å². The molecular weight excluding hydrogens is 316 g/mol. The van der Waals surface area contributed by atoms with Crippen LogP contribution in [0.5, 0.6) is 0 Å². The van der Waals surface area contributed by atoms with Gasteiger partial charge in [-0.3, -0.25) is 4.79 Å². The van der Waals surface area contributed by atoms with Crippen molar-refractivity contribution >= 4 is 22.4 Å². The van der Waals surface area contributed by atoms with E-state index in [2.05, 4.69) is 34.6 Å². The van der Waals surface area contributed by atoms with Gasteiger partial charge in [-0.25, -0.2) is 4.98 Å². The smallest absolute Gasteiger partial charge is 0.226 e. The van der Waals surface area contributed by atoms with E-state index in [9.17, 15) is 4.79 Å². The topological polar surface area (TPSA) is 42.0 Å². The highest BCUT2D eigenvalue weighted by atomic mass is 32.1. The molecule has 1 aromatic carbocycles. The van der Waals surface area contributed by atoms with Gasteiger partial charge < -0.3 is 5.32 Å². The van der Waals surface area contributed by atoms with Gasteiger partial charge in [-0.05, 0) is 24.8 Å². The first-order valence-electron chi connectivity index (χ1n) is 9.01. The molecule has 1 N–H and O–H groups in total. The number of carbonyl (C=O) groups is 1. The summed E-state index contributed by atoms with van der Waals surface area (Å²) >= 11 is 1.60. The van der Waals surface area contributed by atoms with Gasteiger partial charge in [0.2, 0.25) is 5.91 Å². The zero-order valence-electron chi connectivity index (χ0n) is 14.4. The molecule has 1 heterocycles. The number of aromatic nitrogens is 1. The van der Waals surface area contributed by atoms with Crippen LogP contribution in [0.3, 0.4) is 0 Å². The van der Waals surface area contributed by atoms with E-state index in [4.69, 9.17) is 0 Å². The maximum Gasteiger partial charge on any atom is 0.226 e. The third-order valence-electron chi connectivity index (χ3n) is 4.85. The molecule has 0 bridgehead atoms. The SMILES string of the molecule is Cc1nc(NC(=O)CCC2CCCCC2)sc1Cc1ccccc1. The number of amides is 1. The Morgan fingerprint density at radius 3 is 2.71 bits per heavy atom. The number of nitrogens with one attached hydrogen (secondary N) is 1. The van der Waals surface area contributed by atoms with Crippen LogP contribution in [0.4, 0.5) is 5.13 Å². The molecule has 1 aromatic heterocycles. The molecule has 0 aliphatic heterocycles. The molecule has 1 aliphatic carbocycles. The monoisotopic (exact) mass is 342 g/mol. The third-order valence-corrected chi connectivity index (χ3v) is 5.92. The molecule has 1 amide bonds. The molecule has 0 unspecified atom stereocenters. The van der Waals surface area contributed by atoms with Crippen molar-refractivity contribution in [2.24, 2.45) is 5.92 Å². The predicted octanol–water partition coefficient (Wildman–Crippen LogP) is 5.34. The van der Waals surface area contributed by atoms with E-state index in [1.807, 2.05) is 13.0 Å². The Kier molecular flexibility index (Phi) is 6.02. The van der Waals surface area contributed by atoms with Crippen LogP contribution in [0.2, 0.25) is 0 Å². The molecule has 4 heteroatoms. The average Bonchev–Trinajstić information content (AvgIpc) is 2.94. The lowest BCUT2D eigenvalue weighted by Gasteiger charge is -2.20. The zero-order chi connectivity index (χ0) is 16.8. The molecule has 0 spiro atoms. The van der Waals surface area contributed by atoms with Crippen LogP contribution in [0, 0.1) is 12.8 Å². The summed E-state index contributed by atoms with van der Waals surface area (Å²) in [6.45, 7) is 2.02. The Morgan fingerprint density at radius 1 is 1.21 bits per heavy atom. The van der Waals surface area contributed by atoms with Crippen molar-refractivity contribution in [2.75, 3.05) is 5.32 Å². The summed E-state index contributed by atoms with van der Waals surface area (Å²) in [4.78, 5) is 17.9. The molecule has 1 aliphatic rings. The first-order chi connectivity index (χ1) is 11.7. The fraction of sp³-hybridized carbons (Fsp3) is 0.500.